The van der Waals surface area contributed by atoms with Gasteiger partial charge in [0.15, 0.2) is 0 Å². The lowest BCUT2D eigenvalue weighted by Gasteiger charge is -2.29. The molecule has 0 fully saturated rings. The standard InChI is InChI=1S/C53H47NOS/c1-51(2,3)34-30-37-47-45(56-50(37)40(31-34)52(4,5)6)29-28-39-49(47)48-38(53(39,7)8)19-14-20-42(48)54(35-26-24-33(25-27-35)32-16-10-9-11-17-32)41-21-15-23-44-46(41)36-18-12-13-22-43(36)55-44/h9-31H,1-8H3. The van der Waals surface area contributed by atoms with Crippen LogP contribution in [0.1, 0.15) is 77.6 Å². The lowest BCUT2D eigenvalue weighted by molar-refractivity contribution is 0.573. The summed E-state index contributed by atoms with van der Waals surface area (Å²) in [6, 6.07) is 51.5. The van der Waals surface area contributed by atoms with Gasteiger partial charge < -0.3 is 9.32 Å². The number of furan rings is 1. The molecule has 2 aromatic heterocycles. The zero-order valence-electron chi connectivity index (χ0n) is 33.5. The Balaban J connectivity index is 1.31. The van der Waals surface area contributed by atoms with E-state index in [1.807, 2.05) is 11.3 Å². The lowest BCUT2D eigenvalue weighted by atomic mass is 9.79. The van der Waals surface area contributed by atoms with Gasteiger partial charge >= 0.3 is 0 Å². The van der Waals surface area contributed by atoms with Crippen LogP contribution in [0.25, 0.3) is 64.4 Å². The average Bonchev–Trinajstić information content (AvgIpc) is 3.82. The van der Waals surface area contributed by atoms with Crippen molar-refractivity contribution in [2.24, 2.45) is 0 Å². The van der Waals surface area contributed by atoms with Crippen LogP contribution in [-0.4, -0.2) is 0 Å². The van der Waals surface area contributed by atoms with Crippen molar-refractivity contribution < 1.29 is 4.42 Å². The zero-order chi connectivity index (χ0) is 38.7. The first-order valence-corrected chi connectivity index (χ1v) is 20.7. The molecule has 0 saturated heterocycles. The van der Waals surface area contributed by atoms with Crippen LogP contribution >= 0.6 is 11.3 Å². The molecule has 0 saturated carbocycles. The molecule has 1 aliphatic rings. The Kier molecular flexibility index (Phi) is 7.57. The van der Waals surface area contributed by atoms with E-state index in [9.17, 15) is 0 Å². The summed E-state index contributed by atoms with van der Waals surface area (Å²) in [5.74, 6) is 0. The fraction of sp³-hybridized carbons (Fsp3) is 0.208. The van der Waals surface area contributed by atoms with Crippen LogP contribution in [0.2, 0.25) is 0 Å². The van der Waals surface area contributed by atoms with Crippen LogP contribution in [0.3, 0.4) is 0 Å². The van der Waals surface area contributed by atoms with Gasteiger partial charge in [-0.1, -0.05) is 146 Å². The lowest BCUT2D eigenvalue weighted by Crippen LogP contribution is -2.16. The molecule has 0 spiro atoms. The Labute approximate surface area is 334 Å². The van der Waals surface area contributed by atoms with E-state index in [0.29, 0.717) is 0 Å². The molecule has 0 radical (unpaired) electrons. The minimum atomic E-state index is -0.200. The van der Waals surface area contributed by atoms with Gasteiger partial charge in [-0.15, -0.1) is 11.3 Å². The van der Waals surface area contributed by atoms with Crippen molar-refractivity contribution in [2.75, 3.05) is 4.90 Å². The molecular weight excluding hydrogens is 699 g/mol. The quantitative estimate of drug-likeness (QED) is 0.178. The van der Waals surface area contributed by atoms with Crippen molar-refractivity contribution in [1.29, 1.82) is 0 Å². The van der Waals surface area contributed by atoms with Gasteiger partial charge in [-0.05, 0) is 98.3 Å². The third kappa shape index (κ3) is 5.20. The van der Waals surface area contributed by atoms with E-state index in [0.717, 1.165) is 33.3 Å². The molecule has 2 heterocycles. The van der Waals surface area contributed by atoms with E-state index in [2.05, 4.69) is 200 Å². The maximum atomic E-state index is 6.52. The molecular formula is C53H47NOS. The number of anilines is 3. The highest BCUT2D eigenvalue weighted by molar-refractivity contribution is 7.26. The minimum absolute atomic E-state index is 0.000654. The van der Waals surface area contributed by atoms with Crippen LogP contribution in [0.4, 0.5) is 17.1 Å². The molecule has 7 aromatic carbocycles. The number of rotatable bonds is 4. The fourth-order valence-corrected chi connectivity index (χ4v) is 10.6. The molecule has 1 aliphatic carbocycles. The summed E-state index contributed by atoms with van der Waals surface area (Å²) in [6.07, 6.45) is 0. The van der Waals surface area contributed by atoms with Gasteiger partial charge in [-0.2, -0.15) is 0 Å². The molecule has 9 aromatic rings. The van der Waals surface area contributed by atoms with Crippen LogP contribution in [0, 0.1) is 0 Å². The molecule has 0 unspecified atom stereocenters. The second-order valence-electron chi connectivity index (χ2n) is 18.2. The van der Waals surface area contributed by atoms with Crippen molar-refractivity contribution in [1.82, 2.24) is 0 Å². The summed E-state index contributed by atoms with van der Waals surface area (Å²) in [6.45, 7) is 18.9. The molecule has 276 valence electrons. The Morgan fingerprint density at radius 2 is 1.20 bits per heavy atom. The van der Waals surface area contributed by atoms with Crippen molar-refractivity contribution in [3.05, 3.63) is 162 Å². The normalized spacial score (nSPS) is 13.9. The maximum Gasteiger partial charge on any atom is 0.137 e. The van der Waals surface area contributed by atoms with Crippen LogP contribution in [0.5, 0.6) is 0 Å². The summed E-state index contributed by atoms with van der Waals surface area (Å²) in [5.41, 5.74) is 15.6. The average molecular weight is 746 g/mol. The van der Waals surface area contributed by atoms with E-state index >= 15 is 0 Å². The first-order chi connectivity index (χ1) is 26.8. The van der Waals surface area contributed by atoms with Crippen molar-refractivity contribution in [3.63, 3.8) is 0 Å². The van der Waals surface area contributed by atoms with E-state index in [4.69, 9.17) is 4.42 Å². The van der Waals surface area contributed by atoms with Gasteiger partial charge in [0.1, 0.15) is 11.2 Å². The predicted octanol–water partition coefficient (Wildman–Crippen LogP) is 16.0. The minimum Gasteiger partial charge on any atom is -0.456 e. The molecule has 56 heavy (non-hydrogen) atoms. The van der Waals surface area contributed by atoms with Crippen LogP contribution in [0.15, 0.2) is 144 Å². The second kappa shape index (κ2) is 12.2. The number of thiophene rings is 1. The molecule has 10 rings (SSSR count). The van der Waals surface area contributed by atoms with Crippen LogP contribution in [-0.2, 0) is 16.2 Å². The monoisotopic (exact) mass is 745 g/mol. The van der Waals surface area contributed by atoms with E-state index in [1.165, 1.54) is 70.4 Å². The summed E-state index contributed by atoms with van der Waals surface area (Å²) < 4.78 is 9.27. The zero-order valence-corrected chi connectivity index (χ0v) is 34.4. The van der Waals surface area contributed by atoms with E-state index < -0.39 is 0 Å². The van der Waals surface area contributed by atoms with E-state index in [-0.39, 0.29) is 16.2 Å². The number of fused-ring (bicyclic) bond motifs is 10. The molecule has 0 N–H and O–H groups in total. The molecule has 0 bridgehead atoms. The van der Waals surface area contributed by atoms with Crippen molar-refractivity contribution in [2.45, 2.75) is 71.6 Å². The highest BCUT2D eigenvalue weighted by Crippen LogP contribution is 2.59. The van der Waals surface area contributed by atoms with Gasteiger partial charge in [0.2, 0.25) is 0 Å². The van der Waals surface area contributed by atoms with Gasteiger partial charge in [-0.3, -0.25) is 0 Å². The molecule has 0 aliphatic heterocycles. The summed E-state index contributed by atoms with van der Waals surface area (Å²) in [5, 5.41) is 4.99. The number of nitrogens with zero attached hydrogens (tertiary/aromatic N) is 1. The molecule has 0 atom stereocenters. The van der Waals surface area contributed by atoms with Crippen molar-refractivity contribution in [3.8, 4) is 22.3 Å². The Hall–Kier alpha value is -5.64. The molecule has 0 amide bonds. The largest absolute Gasteiger partial charge is 0.456 e. The maximum absolute atomic E-state index is 6.52. The van der Waals surface area contributed by atoms with Gasteiger partial charge in [0.25, 0.3) is 0 Å². The van der Waals surface area contributed by atoms with Crippen LogP contribution < -0.4 is 4.90 Å². The third-order valence-electron chi connectivity index (χ3n) is 12.1. The number of hydrogen-bond acceptors (Lipinski definition) is 3. The first kappa shape index (κ1) is 34.8. The summed E-state index contributed by atoms with van der Waals surface area (Å²) in [4.78, 5) is 2.50. The van der Waals surface area contributed by atoms with E-state index in [1.54, 1.807) is 0 Å². The van der Waals surface area contributed by atoms with Gasteiger partial charge in [0, 0.05) is 42.2 Å². The Morgan fingerprint density at radius 1 is 0.536 bits per heavy atom. The highest BCUT2D eigenvalue weighted by Gasteiger charge is 2.40. The number of benzene rings is 7. The van der Waals surface area contributed by atoms with Gasteiger partial charge in [0.05, 0.1) is 16.8 Å². The molecule has 3 heteroatoms. The van der Waals surface area contributed by atoms with Crippen molar-refractivity contribution >= 4 is 70.5 Å². The smallest absolute Gasteiger partial charge is 0.137 e. The highest BCUT2D eigenvalue weighted by atomic mass is 32.1. The molecule has 2 nitrogen and oxygen atoms in total. The summed E-state index contributed by atoms with van der Waals surface area (Å²) >= 11 is 1.96. The SMILES string of the molecule is CC(C)(C)c1cc(C(C)(C)C)c2sc3ccc4c(c3c2c1)-c1c(N(c2ccc(-c3ccccc3)cc2)c2cccc3oc5ccccc5c23)cccc1C4(C)C. The second-order valence-corrected chi connectivity index (χ2v) is 19.2. The Morgan fingerprint density at radius 3 is 1.95 bits per heavy atom. The first-order valence-electron chi connectivity index (χ1n) is 19.9. The summed E-state index contributed by atoms with van der Waals surface area (Å²) in [7, 11) is 0. The van der Waals surface area contributed by atoms with Gasteiger partial charge in [-0.25, -0.2) is 0 Å². The predicted molar refractivity (Wildman–Crippen MR) is 242 cm³/mol. The Bertz CT molecular complexity index is 3000. The number of hydrogen-bond donors (Lipinski definition) is 0. The number of para-hydroxylation sites is 1. The topological polar surface area (TPSA) is 16.4 Å². The third-order valence-corrected chi connectivity index (χ3v) is 13.3. The fourth-order valence-electron chi connectivity index (χ4n) is 9.18.